The zero-order chi connectivity index (χ0) is 15.1. The summed E-state index contributed by atoms with van der Waals surface area (Å²) >= 11 is 0. The zero-order valence-electron chi connectivity index (χ0n) is 12.1. The quantitative estimate of drug-likeness (QED) is 0.757. The lowest BCUT2D eigenvalue weighted by atomic mass is 10.1. The van der Waals surface area contributed by atoms with Crippen LogP contribution in [0, 0.1) is 0 Å². The van der Waals surface area contributed by atoms with Crippen molar-refractivity contribution >= 4 is 17.5 Å². The van der Waals surface area contributed by atoms with Gasteiger partial charge in [-0.2, -0.15) is 0 Å². The smallest absolute Gasteiger partial charge is 0.253 e. The van der Waals surface area contributed by atoms with Crippen molar-refractivity contribution in [2.45, 2.75) is 13.3 Å². The average Bonchev–Trinajstić information content (AvgIpc) is 2.43. The van der Waals surface area contributed by atoms with E-state index < -0.39 is 0 Å². The van der Waals surface area contributed by atoms with Gasteiger partial charge >= 0.3 is 0 Å². The van der Waals surface area contributed by atoms with Crippen LogP contribution in [-0.4, -0.2) is 44.0 Å². The van der Waals surface area contributed by atoms with E-state index in [1.165, 1.54) is 4.90 Å². The number of hydrogen-bond donors (Lipinski definition) is 2. The van der Waals surface area contributed by atoms with Gasteiger partial charge in [0, 0.05) is 44.4 Å². The molecule has 0 fully saturated rings. The maximum Gasteiger partial charge on any atom is 0.253 e. The molecule has 20 heavy (non-hydrogen) atoms. The van der Waals surface area contributed by atoms with E-state index in [9.17, 15) is 9.59 Å². The van der Waals surface area contributed by atoms with Crippen LogP contribution in [0.3, 0.4) is 0 Å². The van der Waals surface area contributed by atoms with E-state index in [2.05, 4.69) is 5.32 Å². The van der Waals surface area contributed by atoms with Gasteiger partial charge in [0.25, 0.3) is 5.91 Å². The predicted octanol–water partition coefficient (Wildman–Crippen LogP) is 0.876. The van der Waals surface area contributed by atoms with Gasteiger partial charge in [-0.15, -0.1) is 0 Å². The summed E-state index contributed by atoms with van der Waals surface area (Å²) in [6.45, 7) is 2.71. The summed E-state index contributed by atoms with van der Waals surface area (Å²) in [6, 6.07) is 4.92. The van der Waals surface area contributed by atoms with Crippen LogP contribution in [-0.2, 0) is 4.79 Å². The Morgan fingerprint density at radius 3 is 2.65 bits per heavy atom. The summed E-state index contributed by atoms with van der Waals surface area (Å²) in [5.41, 5.74) is 6.68. The third-order valence-corrected chi connectivity index (χ3v) is 2.79. The summed E-state index contributed by atoms with van der Waals surface area (Å²) in [5.74, 6) is 0.268. The van der Waals surface area contributed by atoms with Crippen LogP contribution >= 0.6 is 0 Å². The minimum atomic E-state index is -0.192. The van der Waals surface area contributed by atoms with E-state index in [-0.39, 0.29) is 18.2 Å². The predicted molar refractivity (Wildman–Crippen MR) is 77.7 cm³/mol. The van der Waals surface area contributed by atoms with E-state index in [4.69, 9.17) is 10.5 Å². The number of nitrogens with one attached hydrogen (secondary N) is 1. The molecule has 110 valence electrons. The Bertz CT molecular complexity index is 489. The molecular weight excluding hydrogens is 258 g/mol. The monoisotopic (exact) mass is 279 g/mol. The first-order valence-corrected chi connectivity index (χ1v) is 6.47. The Kier molecular flexibility index (Phi) is 5.83. The molecule has 0 atom stereocenters. The van der Waals surface area contributed by atoms with Crippen molar-refractivity contribution in [1.82, 2.24) is 10.2 Å². The lowest BCUT2D eigenvalue weighted by molar-refractivity contribution is -0.120. The average molecular weight is 279 g/mol. The van der Waals surface area contributed by atoms with Crippen molar-refractivity contribution in [2.24, 2.45) is 0 Å². The number of ether oxygens (including phenoxy) is 1. The topological polar surface area (TPSA) is 84.7 Å². The van der Waals surface area contributed by atoms with Crippen LogP contribution < -0.4 is 15.8 Å². The number of nitrogens with zero attached hydrogens (tertiary/aromatic N) is 1. The molecule has 1 aromatic carbocycles. The molecule has 0 bridgehead atoms. The molecule has 0 heterocycles. The van der Waals surface area contributed by atoms with Crippen molar-refractivity contribution in [3.05, 3.63) is 23.8 Å². The highest BCUT2D eigenvalue weighted by Gasteiger charge is 2.14. The van der Waals surface area contributed by atoms with E-state index in [0.29, 0.717) is 30.2 Å². The van der Waals surface area contributed by atoms with Gasteiger partial charge in [0.2, 0.25) is 5.91 Å². The molecule has 0 saturated carbocycles. The van der Waals surface area contributed by atoms with E-state index in [0.717, 1.165) is 0 Å². The summed E-state index contributed by atoms with van der Waals surface area (Å²) < 4.78 is 5.36. The van der Waals surface area contributed by atoms with Gasteiger partial charge in [0.1, 0.15) is 5.75 Å². The summed E-state index contributed by atoms with van der Waals surface area (Å²) in [4.78, 5) is 24.9. The van der Waals surface area contributed by atoms with Gasteiger partial charge in [-0.25, -0.2) is 0 Å². The second kappa shape index (κ2) is 7.37. The Balaban J connectivity index is 2.77. The molecule has 0 aliphatic heterocycles. The molecule has 0 radical (unpaired) electrons. The fraction of sp³-hybridized carbons (Fsp3) is 0.429. The number of rotatable bonds is 6. The van der Waals surface area contributed by atoms with Crippen molar-refractivity contribution in [1.29, 1.82) is 0 Å². The molecule has 3 N–H and O–H groups in total. The van der Waals surface area contributed by atoms with Gasteiger partial charge in [0.05, 0.1) is 6.61 Å². The fourth-order valence-corrected chi connectivity index (χ4v) is 1.71. The van der Waals surface area contributed by atoms with Crippen LogP contribution in [0.15, 0.2) is 18.2 Å². The number of nitrogen functional groups attached to an aromatic ring is 1. The molecule has 0 unspecified atom stereocenters. The van der Waals surface area contributed by atoms with Crippen LogP contribution in [0.5, 0.6) is 5.75 Å². The van der Waals surface area contributed by atoms with Gasteiger partial charge in [-0.1, -0.05) is 0 Å². The maximum atomic E-state index is 12.2. The van der Waals surface area contributed by atoms with Crippen LogP contribution in [0.1, 0.15) is 23.7 Å². The van der Waals surface area contributed by atoms with Gasteiger partial charge in [-0.3, -0.25) is 9.59 Å². The molecule has 1 aromatic rings. The van der Waals surface area contributed by atoms with Crippen LogP contribution in [0.4, 0.5) is 5.69 Å². The Morgan fingerprint density at radius 1 is 1.35 bits per heavy atom. The number of carbonyl (C=O) groups excluding carboxylic acids is 2. The lowest BCUT2D eigenvalue weighted by Crippen LogP contribution is -2.31. The first kappa shape index (κ1) is 15.8. The standard InChI is InChI=1S/C14H21N3O3/c1-4-20-12-8-10(7-11(15)9-12)14(19)17(3)6-5-13(18)16-2/h7-9H,4-6,15H2,1-3H3,(H,16,18). The molecular formula is C14H21N3O3. The number of nitrogens with two attached hydrogens (primary N) is 1. The van der Waals surface area contributed by atoms with E-state index in [1.807, 2.05) is 6.92 Å². The molecule has 0 aliphatic carbocycles. The number of amides is 2. The Morgan fingerprint density at radius 2 is 2.05 bits per heavy atom. The second-order valence-corrected chi connectivity index (χ2v) is 4.37. The minimum Gasteiger partial charge on any atom is -0.494 e. The molecule has 0 aromatic heterocycles. The maximum absolute atomic E-state index is 12.2. The lowest BCUT2D eigenvalue weighted by Gasteiger charge is -2.17. The minimum absolute atomic E-state index is 0.104. The summed E-state index contributed by atoms with van der Waals surface area (Å²) in [6.07, 6.45) is 0.263. The summed E-state index contributed by atoms with van der Waals surface area (Å²) in [5, 5.41) is 2.52. The molecule has 0 saturated heterocycles. The highest BCUT2D eigenvalue weighted by molar-refractivity contribution is 5.95. The first-order valence-electron chi connectivity index (χ1n) is 6.47. The molecule has 6 heteroatoms. The van der Waals surface area contributed by atoms with Crippen LogP contribution in [0.25, 0.3) is 0 Å². The number of benzene rings is 1. The first-order chi connectivity index (χ1) is 9.47. The highest BCUT2D eigenvalue weighted by atomic mass is 16.5. The molecule has 0 aliphatic rings. The zero-order valence-corrected chi connectivity index (χ0v) is 12.1. The normalized spacial score (nSPS) is 9.95. The van der Waals surface area contributed by atoms with Gasteiger partial charge in [0.15, 0.2) is 0 Å². The van der Waals surface area contributed by atoms with Crippen molar-refractivity contribution in [2.75, 3.05) is 33.0 Å². The molecule has 6 nitrogen and oxygen atoms in total. The van der Waals surface area contributed by atoms with E-state index in [1.54, 1.807) is 32.3 Å². The third kappa shape index (κ3) is 4.46. The number of hydrogen-bond acceptors (Lipinski definition) is 4. The summed E-state index contributed by atoms with van der Waals surface area (Å²) in [7, 11) is 3.21. The van der Waals surface area contributed by atoms with Crippen LogP contribution in [0.2, 0.25) is 0 Å². The van der Waals surface area contributed by atoms with Gasteiger partial charge in [-0.05, 0) is 19.1 Å². The molecule has 2 amide bonds. The van der Waals surface area contributed by atoms with E-state index >= 15 is 0 Å². The highest BCUT2D eigenvalue weighted by Crippen LogP contribution is 2.20. The Labute approximate surface area is 118 Å². The number of anilines is 1. The van der Waals surface area contributed by atoms with Gasteiger partial charge < -0.3 is 20.7 Å². The third-order valence-electron chi connectivity index (χ3n) is 2.79. The SMILES string of the molecule is CCOc1cc(N)cc(C(=O)N(C)CCC(=O)NC)c1. The molecule has 1 rings (SSSR count). The second-order valence-electron chi connectivity index (χ2n) is 4.37. The van der Waals surface area contributed by atoms with Crippen molar-refractivity contribution in [3.8, 4) is 5.75 Å². The number of carbonyl (C=O) groups is 2. The van der Waals surface area contributed by atoms with Crippen molar-refractivity contribution < 1.29 is 14.3 Å². The fourth-order valence-electron chi connectivity index (χ4n) is 1.71. The molecule has 0 spiro atoms. The van der Waals surface area contributed by atoms with Crippen molar-refractivity contribution in [3.63, 3.8) is 0 Å². The largest absolute Gasteiger partial charge is 0.494 e. The Hall–Kier alpha value is -2.24.